The van der Waals surface area contributed by atoms with Crippen LogP contribution in [0.1, 0.15) is 30.5 Å². The Balaban J connectivity index is 0.000000322. The molecule has 4 rings (SSSR count). The summed E-state index contributed by atoms with van der Waals surface area (Å²) in [6.07, 6.45) is -9.72. The minimum atomic E-state index is -4.43. The van der Waals surface area contributed by atoms with Crippen LogP contribution in [-0.4, -0.2) is 53.4 Å². The van der Waals surface area contributed by atoms with Crippen molar-refractivity contribution in [2.24, 2.45) is 11.5 Å². The standard InChI is InChI=1S/C19H19F4N3O.C10H12BF3O3.C9H9FIN3/c1-12(19(21,22)23)27-11-13-3-2-4-14(9-13)17(10-18(24)25)26-16-7-5-15(20)6-8-16;1-7(10(12,13)14)17-6-8-3-2-4-9(5-8)11(15)16;10-6-1-3-7(4-2-6)14-8(11)5-9(12)13/h2-10,12,26H,11H2,1H3,(H3,24,25);2-5,7,15-16H,6H2,1H3;1-5,14H,(H3,12,13)/b17-10-;;8-5-/t12-;7-;/m11./s1. The Kier molecular flexibility index (Phi) is 19.8. The zero-order chi connectivity index (χ0) is 43.6. The highest BCUT2D eigenvalue weighted by molar-refractivity contribution is 14.1. The van der Waals surface area contributed by atoms with E-state index in [-0.39, 0.29) is 36.2 Å². The molecule has 0 aromatic heterocycles. The molecular formula is C38H40BF8IN6O4. The number of benzene rings is 4. The molecule has 4 aromatic rings. The maximum atomic E-state index is 13.1. The largest absolute Gasteiger partial charge is 0.488 e. The van der Waals surface area contributed by atoms with Crippen LogP contribution < -0.4 is 27.6 Å². The van der Waals surface area contributed by atoms with Crippen LogP contribution in [-0.2, 0) is 22.7 Å². The number of hydrogen-bond donors (Lipinski definition) is 8. The van der Waals surface area contributed by atoms with E-state index in [0.717, 1.165) is 19.5 Å². The van der Waals surface area contributed by atoms with Gasteiger partial charge in [-0.15, -0.1) is 0 Å². The van der Waals surface area contributed by atoms with Gasteiger partial charge in [-0.1, -0.05) is 42.5 Å². The van der Waals surface area contributed by atoms with Gasteiger partial charge in [-0.2, -0.15) is 26.3 Å². The highest BCUT2D eigenvalue weighted by atomic mass is 127. The maximum Gasteiger partial charge on any atom is 0.488 e. The van der Waals surface area contributed by atoms with Crippen LogP contribution >= 0.6 is 22.6 Å². The molecule has 0 aliphatic heterocycles. The van der Waals surface area contributed by atoms with E-state index < -0.39 is 37.5 Å². The van der Waals surface area contributed by atoms with Crippen LogP contribution in [0.15, 0.2) is 113 Å². The molecule has 0 unspecified atom stereocenters. The van der Waals surface area contributed by atoms with E-state index >= 15 is 0 Å². The Morgan fingerprint density at radius 3 is 1.57 bits per heavy atom. The third kappa shape index (κ3) is 19.4. The molecule has 2 atom stereocenters. The molecule has 10 nitrogen and oxygen atoms in total. The van der Waals surface area contributed by atoms with Gasteiger partial charge >= 0.3 is 19.5 Å². The number of amidine groups is 2. The maximum absolute atomic E-state index is 13.1. The fourth-order valence-electron chi connectivity index (χ4n) is 4.18. The van der Waals surface area contributed by atoms with Crippen molar-refractivity contribution >= 4 is 63.9 Å². The van der Waals surface area contributed by atoms with Gasteiger partial charge in [0.1, 0.15) is 23.3 Å². The van der Waals surface area contributed by atoms with Crippen molar-refractivity contribution in [1.82, 2.24) is 0 Å². The Morgan fingerprint density at radius 1 is 0.707 bits per heavy atom. The molecule has 0 aliphatic carbocycles. The summed E-state index contributed by atoms with van der Waals surface area (Å²) in [6, 6.07) is 24.1. The molecule has 0 spiro atoms. The van der Waals surface area contributed by atoms with Gasteiger partial charge in [-0.3, -0.25) is 10.8 Å². The van der Waals surface area contributed by atoms with Gasteiger partial charge in [-0.05, 0) is 113 Å². The molecule has 58 heavy (non-hydrogen) atoms. The average Bonchev–Trinajstić information content (AvgIpc) is 3.14. The zero-order valence-corrected chi connectivity index (χ0v) is 33.0. The van der Waals surface area contributed by atoms with Crippen molar-refractivity contribution in [2.45, 2.75) is 51.6 Å². The molecule has 10 N–H and O–H groups in total. The summed E-state index contributed by atoms with van der Waals surface area (Å²) < 4.78 is 110. The van der Waals surface area contributed by atoms with Crippen molar-refractivity contribution in [3.63, 3.8) is 0 Å². The van der Waals surface area contributed by atoms with Crippen molar-refractivity contribution < 1.29 is 54.6 Å². The summed E-state index contributed by atoms with van der Waals surface area (Å²) in [6.45, 7) is 1.41. The lowest BCUT2D eigenvalue weighted by Gasteiger charge is -2.17. The molecule has 4 aromatic carbocycles. The van der Waals surface area contributed by atoms with Crippen LogP contribution in [0, 0.1) is 22.5 Å². The minimum absolute atomic E-state index is 0.0241. The monoisotopic (exact) mass is 934 g/mol. The quantitative estimate of drug-likeness (QED) is 0.0157. The number of rotatable bonds is 14. The van der Waals surface area contributed by atoms with Crippen molar-refractivity contribution in [3.8, 4) is 0 Å². The van der Waals surface area contributed by atoms with E-state index in [1.54, 1.807) is 42.5 Å². The van der Waals surface area contributed by atoms with Gasteiger partial charge in [0.2, 0.25) is 0 Å². The first kappa shape index (κ1) is 49.1. The zero-order valence-electron chi connectivity index (χ0n) is 30.8. The first-order chi connectivity index (χ1) is 27.0. The molecule has 312 valence electrons. The predicted molar refractivity (Wildman–Crippen MR) is 217 cm³/mol. The summed E-state index contributed by atoms with van der Waals surface area (Å²) in [5.41, 5.74) is 14.2. The predicted octanol–water partition coefficient (Wildman–Crippen LogP) is 7.97. The highest BCUT2D eigenvalue weighted by Gasteiger charge is 2.37. The Morgan fingerprint density at radius 2 is 1.14 bits per heavy atom. The molecule has 0 heterocycles. The fraction of sp³-hybridized carbons (Fsp3) is 0.211. The minimum Gasteiger partial charge on any atom is -0.423 e. The number of alkyl halides is 6. The lowest BCUT2D eigenvalue weighted by atomic mass is 9.80. The molecule has 0 radical (unpaired) electrons. The second-order valence-electron chi connectivity index (χ2n) is 12.0. The number of hydrogen-bond acceptors (Lipinski definition) is 8. The van der Waals surface area contributed by atoms with E-state index in [1.165, 1.54) is 66.7 Å². The normalized spacial score (nSPS) is 12.8. The topological polar surface area (TPSA) is 183 Å². The molecule has 0 bridgehead atoms. The van der Waals surface area contributed by atoms with E-state index in [2.05, 4.69) is 15.4 Å². The summed E-state index contributed by atoms with van der Waals surface area (Å²) in [5.74, 6) is -0.910. The van der Waals surface area contributed by atoms with Gasteiger partial charge in [0.15, 0.2) is 12.2 Å². The Hall–Kier alpha value is -5.03. The van der Waals surface area contributed by atoms with E-state index in [0.29, 0.717) is 31.8 Å². The third-order valence-electron chi connectivity index (χ3n) is 7.22. The van der Waals surface area contributed by atoms with Crippen LogP contribution in [0.3, 0.4) is 0 Å². The van der Waals surface area contributed by atoms with Gasteiger partial charge < -0.3 is 41.6 Å². The van der Waals surface area contributed by atoms with Crippen LogP contribution in [0.5, 0.6) is 0 Å². The van der Waals surface area contributed by atoms with Crippen LogP contribution in [0.25, 0.3) is 5.70 Å². The number of ether oxygens (including phenoxy) is 2. The van der Waals surface area contributed by atoms with Gasteiger partial charge in [0.05, 0.1) is 16.9 Å². The first-order valence-electron chi connectivity index (χ1n) is 16.8. The molecule has 0 saturated carbocycles. The number of nitrogens with two attached hydrogens (primary N) is 2. The third-order valence-corrected chi connectivity index (χ3v) is 7.80. The second-order valence-corrected chi connectivity index (χ2v) is 13.2. The first-order valence-corrected chi connectivity index (χ1v) is 17.8. The molecule has 0 fully saturated rings. The lowest BCUT2D eigenvalue weighted by molar-refractivity contribution is -0.217. The van der Waals surface area contributed by atoms with Gasteiger partial charge in [0, 0.05) is 29.2 Å². The van der Waals surface area contributed by atoms with E-state index in [4.69, 9.17) is 37.1 Å². The summed E-state index contributed by atoms with van der Waals surface area (Å²) in [5, 5.41) is 38.3. The van der Waals surface area contributed by atoms with Crippen molar-refractivity contribution in [3.05, 3.63) is 141 Å². The number of halogens is 9. The SMILES string of the molecule is C[C@@H](OCc1cccc(/C(=C/C(=N)N)Nc2ccc(F)cc2)c1)C(F)(F)F.C[C@@H](OCc1cccc(B(O)O)c1)C(F)(F)F.N=C(N)/C=C(/I)Nc1ccc(F)cc1. The number of anilines is 2. The molecular weight excluding hydrogens is 894 g/mol. The molecule has 0 saturated heterocycles. The highest BCUT2D eigenvalue weighted by Crippen LogP contribution is 2.25. The fourth-order valence-corrected chi connectivity index (χ4v) is 4.83. The summed E-state index contributed by atoms with van der Waals surface area (Å²) in [4.78, 5) is 0. The molecule has 0 amide bonds. The van der Waals surface area contributed by atoms with E-state index in [9.17, 15) is 35.1 Å². The van der Waals surface area contributed by atoms with Crippen molar-refractivity contribution in [2.75, 3.05) is 10.6 Å². The van der Waals surface area contributed by atoms with E-state index in [1.807, 2.05) is 22.6 Å². The van der Waals surface area contributed by atoms with Crippen molar-refractivity contribution in [1.29, 1.82) is 10.8 Å². The Bertz CT molecular complexity index is 1980. The average molecular weight is 934 g/mol. The summed E-state index contributed by atoms with van der Waals surface area (Å²) >= 11 is 2.00. The van der Waals surface area contributed by atoms with Gasteiger partial charge in [0.25, 0.3) is 0 Å². The summed E-state index contributed by atoms with van der Waals surface area (Å²) in [7, 11) is -1.64. The lowest BCUT2D eigenvalue weighted by Crippen LogP contribution is -2.30. The smallest absolute Gasteiger partial charge is 0.423 e. The molecule has 20 heteroatoms. The van der Waals surface area contributed by atoms with Gasteiger partial charge in [-0.25, -0.2) is 8.78 Å². The second kappa shape index (κ2) is 23.4. The van der Waals surface area contributed by atoms with Crippen LogP contribution in [0.2, 0.25) is 0 Å². The molecule has 0 aliphatic rings. The number of nitrogens with one attached hydrogen (secondary N) is 4. The Labute approximate surface area is 343 Å². The van der Waals surface area contributed by atoms with Crippen LogP contribution in [0.4, 0.5) is 46.5 Å².